The predicted molar refractivity (Wildman–Crippen MR) is 340 cm³/mol. The van der Waals surface area contributed by atoms with E-state index in [0.29, 0.717) is 31.9 Å². The Morgan fingerprint density at radius 3 is 1.49 bits per heavy atom. The van der Waals surface area contributed by atoms with Gasteiger partial charge in [0, 0.05) is 6.20 Å². The predicted octanol–water partition coefficient (Wildman–Crippen LogP) is 19.9. The van der Waals surface area contributed by atoms with Crippen LogP contribution in [0, 0.1) is 3.80 Å². The topological polar surface area (TPSA) is 41.3 Å². The van der Waals surface area contributed by atoms with Gasteiger partial charge in [-0.2, -0.15) is 0 Å². The molecule has 400 valence electrons. The molecule has 0 saturated heterocycles. The summed E-state index contributed by atoms with van der Waals surface area (Å²) in [6.45, 7) is 6.58. The number of ether oxygens (including phenoxy) is 1. The van der Waals surface area contributed by atoms with Crippen LogP contribution in [0.25, 0.3) is 122 Å². The van der Waals surface area contributed by atoms with Gasteiger partial charge in [0.25, 0.3) is 0 Å². The number of aromatic nitrogens is 5. The van der Waals surface area contributed by atoms with Gasteiger partial charge >= 0.3 is 453 Å². The summed E-state index contributed by atoms with van der Waals surface area (Å²) >= 11 is 2.28. The summed E-state index contributed by atoms with van der Waals surface area (Å²) < 4.78 is 108. The molecule has 11 aromatic carbocycles. The molecule has 4 aromatic heterocycles. The molecule has 0 saturated carbocycles. The quantitative estimate of drug-likeness (QED) is 0.145. The zero-order chi connectivity index (χ0) is 64.5. The van der Waals surface area contributed by atoms with Gasteiger partial charge in [-0.3, -0.25) is 0 Å². The van der Waals surface area contributed by atoms with Gasteiger partial charge in [0.05, 0.1) is 0 Å². The van der Waals surface area contributed by atoms with Gasteiger partial charge in [0.15, 0.2) is 0 Å². The Morgan fingerprint density at radius 2 is 0.880 bits per heavy atom. The van der Waals surface area contributed by atoms with Crippen LogP contribution in [0.2, 0.25) is 0 Å². The van der Waals surface area contributed by atoms with Gasteiger partial charge in [0.2, 0.25) is 0 Å². The Balaban J connectivity index is 1.11. The first kappa shape index (κ1) is 40.3. The number of pyridine rings is 1. The average molecular weight is 1260 g/mol. The fourth-order valence-corrected chi connectivity index (χ4v) is 13.0. The Morgan fingerprint density at radius 1 is 0.398 bits per heavy atom. The monoisotopic (exact) mass is 1260 g/mol. The normalized spacial score (nSPS) is 13.6. The fourth-order valence-electron chi connectivity index (χ4n) is 11.9. The molecule has 0 aliphatic heterocycles. The summed E-state index contributed by atoms with van der Waals surface area (Å²) in [5.41, 5.74) is 11.5. The van der Waals surface area contributed by atoms with Gasteiger partial charge in [-0.1, -0.05) is 32.9 Å². The van der Waals surface area contributed by atoms with E-state index >= 15 is 0 Å². The number of hydrogen-bond donors (Lipinski definition) is 0. The zero-order valence-electron chi connectivity index (χ0n) is 55.2. The second-order valence-electron chi connectivity index (χ2n) is 21.5. The Bertz CT molecular complexity index is 5550. The molecule has 7 heteroatoms. The summed E-state index contributed by atoms with van der Waals surface area (Å²) in [7, 11) is 0. The zero-order valence-corrected chi connectivity index (χ0v) is 47.5. The first-order valence-corrected chi connectivity index (χ1v) is 28.5. The molecule has 0 N–H and O–H groups in total. The average Bonchev–Trinajstić information content (AvgIpc) is 1.56. The molecule has 0 bridgehead atoms. The number of rotatable bonds is 9. The minimum absolute atomic E-state index is 0.136. The third-order valence-electron chi connectivity index (χ3n) is 15.6. The Kier molecular flexibility index (Phi) is 9.86. The number of benzene rings is 11. The fraction of sp³-hybridized carbons (Fsp3) is 0.0526. The molecule has 0 aliphatic rings. The van der Waals surface area contributed by atoms with Crippen molar-refractivity contribution in [1.29, 1.82) is 0 Å². The molecule has 6 nitrogen and oxygen atoms in total. The van der Waals surface area contributed by atoms with Crippen LogP contribution in [-0.4, -0.2) is 23.1 Å². The van der Waals surface area contributed by atoms with Crippen LogP contribution in [0.1, 0.15) is 40.0 Å². The van der Waals surface area contributed by atoms with E-state index in [9.17, 15) is 5.48 Å². The summed E-state index contributed by atoms with van der Waals surface area (Å²) in [5, 5.41) is 3.74. The molecule has 0 unspecified atom stereocenters. The van der Waals surface area contributed by atoms with Crippen LogP contribution in [0.4, 0.5) is 0 Å². The van der Waals surface area contributed by atoms with Crippen molar-refractivity contribution in [3.05, 3.63) is 288 Å². The molecule has 15 aromatic rings. The van der Waals surface area contributed by atoms with E-state index in [1.807, 2.05) is 102 Å². The van der Waals surface area contributed by atoms with Crippen molar-refractivity contribution in [2.24, 2.45) is 0 Å². The molecule has 0 fully saturated rings. The summed E-state index contributed by atoms with van der Waals surface area (Å²) in [6.07, 6.45) is 1.86. The van der Waals surface area contributed by atoms with Crippen molar-refractivity contribution in [2.45, 2.75) is 26.2 Å². The van der Waals surface area contributed by atoms with Crippen LogP contribution in [0.5, 0.6) is 11.5 Å². The molecular weight excluding hydrogens is 1190 g/mol. The SMILES string of the molecule is [2H]c1c([2H])c([2H])c(-c2cccc(-c3c([2H])c([2H])c([2H])c([2H])c3[2H])c2-n2[c](=[Pt])n3c4cc(Oc5ccc6c7ccccc7n(-c7cc(C(C)(C)C)ccn7)c6c5)ccc4n(-c4c(-c5ccccc5)cccc4-c4ccccc4)c4ccccc4c4cccc2c43)c([2H])c1[2H]. The van der Waals surface area contributed by atoms with Crippen molar-refractivity contribution < 1.29 is 37.8 Å². The van der Waals surface area contributed by atoms with Gasteiger partial charge in [-0.05, 0) is 17.0 Å². The van der Waals surface area contributed by atoms with Crippen molar-refractivity contribution in [2.75, 3.05) is 0 Å². The van der Waals surface area contributed by atoms with Crippen molar-refractivity contribution >= 4 is 60.2 Å². The van der Waals surface area contributed by atoms with Gasteiger partial charge in [0.1, 0.15) is 0 Å². The Labute approximate surface area is 506 Å². The first-order chi connectivity index (χ1) is 44.9. The molecule has 0 radical (unpaired) electrons. The third-order valence-corrected chi connectivity index (χ3v) is 16.6. The first-order valence-electron chi connectivity index (χ1n) is 32.4. The van der Waals surface area contributed by atoms with Gasteiger partial charge in [-0.25, -0.2) is 0 Å². The second kappa shape index (κ2) is 20.3. The summed E-state index contributed by atoms with van der Waals surface area (Å²) in [6, 6.07) is 65.7. The Hall–Kier alpha value is -9.87. The van der Waals surface area contributed by atoms with E-state index in [2.05, 4.69) is 157 Å². The van der Waals surface area contributed by atoms with E-state index in [-0.39, 0.29) is 33.4 Å². The molecule has 0 atom stereocenters. The molecule has 0 spiro atoms. The van der Waals surface area contributed by atoms with E-state index in [0.717, 1.165) is 82.9 Å². The van der Waals surface area contributed by atoms with Crippen molar-refractivity contribution in [1.82, 2.24) is 23.1 Å². The second-order valence-corrected chi connectivity index (χ2v) is 22.5. The van der Waals surface area contributed by atoms with E-state index in [1.165, 1.54) is 0 Å². The van der Waals surface area contributed by atoms with Crippen LogP contribution in [-0.2, 0) is 24.8 Å². The van der Waals surface area contributed by atoms with Crippen LogP contribution < -0.4 is 4.74 Å². The van der Waals surface area contributed by atoms with E-state index in [4.69, 9.17) is 17.9 Å². The molecular formula is C76H55N5OPt. The van der Waals surface area contributed by atoms with Crippen LogP contribution >= 0.6 is 0 Å². The molecule has 15 rings (SSSR count). The summed E-state index contributed by atoms with van der Waals surface area (Å²) in [5.74, 6) is 1.82. The van der Waals surface area contributed by atoms with Crippen LogP contribution in [0.3, 0.4) is 0 Å². The van der Waals surface area contributed by atoms with Crippen molar-refractivity contribution in [3.8, 4) is 73.2 Å². The number of nitrogens with zero attached hydrogens (tertiary/aromatic N) is 5. The van der Waals surface area contributed by atoms with Crippen LogP contribution in [0.15, 0.2) is 279 Å². The minimum atomic E-state index is -0.577. The standard InChI is InChI=1S/C76H55N5O.Pt/c1-76(2,3)55-45-46-77-72(47-55)80-66-38-18-16-31-62(66)64-43-41-56(48-70(64)80)82-57-42-44-68-71(49-57)79-50-78(73-58(51-23-8-4-9-24-51)33-20-34-59(73)52-25-10-5-11-26-52)69-40-22-37-65(75(69)79)63-32-17-19-39-67(63)81(68)74-60(53-27-12-6-13-28-53)35-21-36-61(74)54-29-14-7-15-30-54;/h4-49H,1-3H3;/i4D,5D,8D,9D,10D,11D,23D,24D,25D,26D;. The number of hydrogen-bond acceptors (Lipinski definition) is 2. The number of imidazole rings is 1. The van der Waals surface area contributed by atoms with Gasteiger partial charge in [-0.15, -0.1) is 0 Å². The summed E-state index contributed by atoms with van der Waals surface area (Å²) in [4.78, 5) is 4.95. The maximum atomic E-state index is 9.49. The third kappa shape index (κ3) is 8.51. The molecule has 0 aliphatic carbocycles. The molecule has 4 heterocycles. The number of para-hydroxylation sites is 5. The maximum absolute atomic E-state index is 9.49. The molecule has 0 amide bonds. The van der Waals surface area contributed by atoms with Gasteiger partial charge < -0.3 is 0 Å². The van der Waals surface area contributed by atoms with E-state index in [1.54, 1.807) is 18.2 Å². The van der Waals surface area contributed by atoms with E-state index < -0.39 is 60.4 Å². The van der Waals surface area contributed by atoms with Crippen molar-refractivity contribution in [3.63, 3.8) is 0 Å². The number of fused-ring (bicyclic) bond motifs is 7. The molecule has 83 heavy (non-hydrogen) atoms.